The van der Waals surface area contributed by atoms with Crippen LogP contribution in [0.2, 0.25) is 0 Å². The van der Waals surface area contributed by atoms with Crippen molar-refractivity contribution in [3.63, 3.8) is 0 Å². The number of benzene rings is 1. The van der Waals surface area contributed by atoms with Crippen molar-refractivity contribution in [3.8, 4) is 5.75 Å². The Morgan fingerprint density at radius 2 is 1.94 bits per heavy atom. The first-order valence-corrected chi connectivity index (χ1v) is 6.56. The summed E-state index contributed by atoms with van der Waals surface area (Å²) in [6, 6.07) is 5.62. The number of hydrogen-bond acceptors (Lipinski definition) is 3. The molecule has 0 aliphatic heterocycles. The Labute approximate surface area is 108 Å². The molecule has 2 rings (SSSR count). The average Bonchev–Trinajstić information content (AvgIpc) is 2.41. The van der Waals surface area contributed by atoms with E-state index in [1.807, 2.05) is 19.1 Å². The van der Waals surface area contributed by atoms with Crippen LogP contribution in [-0.2, 0) is 4.74 Å². The minimum Gasteiger partial charge on any atom is -0.490 e. The summed E-state index contributed by atoms with van der Waals surface area (Å²) < 4.78 is 10.7. The summed E-state index contributed by atoms with van der Waals surface area (Å²) in [4.78, 5) is 11.6. The molecule has 98 valence electrons. The third-order valence-corrected chi connectivity index (χ3v) is 3.47. The lowest BCUT2D eigenvalue weighted by Gasteiger charge is -2.23. The summed E-state index contributed by atoms with van der Waals surface area (Å²) in [5.41, 5.74) is 1.50. The van der Waals surface area contributed by atoms with E-state index in [-0.39, 0.29) is 5.97 Å². The van der Waals surface area contributed by atoms with Crippen molar-refractivity contribution < 1.29 is 14.3 Å². The predicted molar refractivity (Wildman–Crippen MR) is 70.0 cm³/mol. The molecule has 3 heteroatoms. The van der Waals surface area contributed by atoms with Gasteiger partial charge in [-0.2, -0.15) is 0 Å². The van der Waals surface area contributed by atoms with Gasteiger partial charge in [-0.15, -0.1) is 0 Å². The number of carbonyl (C=O) groups is 1. The van der Waals surface area contributed by atoms with Crippen LogP contribution in [0.25, 0.3) is 0 Å². The van der Waals surface area contributed by atoms with E-state index in [4.69, 9.17) is 9.47 Å². The maximum atomic E-state index is 11.6. The third kappa shape index (κ3) is 3.03. The number of esters is 1. The number of aryl methyl sites for hydroxylation is 1. The largest absolute Gasteiger partial charge is 0.490 e. The van der Waals surface area contributed by atoms with Gasteiger partial charge in [-0.25, -0.2) is 4.79 Å². The molecular weight excluding hydrogens is 228 g/mol. The van der Waals surface area contributed by atoms with E-state index in [0.29, 0.717) is 11.7 Å². The number of rotatable bonds is 3. The lowest BCUT2D eigenvalue weighted by Crippen LogP contribution is -2.19. The molecule has 0 spiro atoms. The molecule has 0 N–H and O–H groups in total. The summed E-state index contributed by atoms with van der Waals surface area (Å²) in [5.74, 6) is 0.467. The minimum atomic E-state index is -0.304. The Kier molecular flexibility index (Phi) is 4.24. The molecule has 0 saturated heterocycles. The second-order valence-electron chi connectivity index (χ2n) is 4.85. The molecule has 0 bridgehead atoms. The van der Waals surface area contributed by atoms with Gasteiger partial charge in [0.05, 0.1) is 18.8 Å². The van der Waals surface area contributed by atoms with Gasteiger partial charge in [0.25, 0.3) is 0 Å². The zero-order valence-corrected chi connectivity index (χ0v) is 11.1. The van der Waals surface area contributed by atoms with Crippen molar-refractivity contribution >= 4 is 5.97 Å². The number of ether oxygens (including phenoxy) is 2. The fraction of sp³-hybridized carbons (Fsp3) is 0.533. The highest BCUT2D eigenvalue weighted by Crippen LogP contribution is 2.25. The summed E-state index contributed by atoms with van der Waals surface area (Å²) in [7, 11) is 1.40. The molecule has 3 nitrogen and oxygen atoms in total. The highest BCUT2D eigenvalue weighted by atomic mass is 16.5. The predicted octanol–water partition coefficient (Wildman–Crippen LogP) is 3.49. The smallest absolute Gasteiger partial charge is 0.338 e. The minimum absolute atomic E-state index is 0.298. The van der Waals surface area contributed by atoms with Crippen molar-refractivity contribution in [3.05, 3.63) is 29.3 Å². The molecule has 0 heterocycles. The fourth-order valence-electron chi connectivity index (χ4n) is 2.38. The van der Waals surface area contributed by atoms with Crippen LogP contribution in [0.4, 0.5) is 0 Å². The van der Waals surface area contributed by atoms with Gasteiger partial charge < -0.3 is 9.47 Å². The Morgan fingerprint density at radius 1 is 1.22 bits per heavy atom. The van der Waals surface area contributed by atoms with Crippen molar-refractivity contribution in [2.45, 2.75) is 45.1 Å². The van der Waals surface area contributed by atoms with E-state index in [1.165, 1.54) is 26.4 Å². The lowest BCUT2D eigenvalue weighted by molar-refractivity contribution is 0.0598. The van der Waals surface area contributed by atoms with E-state index in [2.05, 4.69) is 0 Å². The quantitative estimate of drug-likeness (QED) is 0.768. The molecular formula is C15H20O3. The Hall–Kier alpha value is -1.51. The normalized spacial score (nSPS) is 16.3. The molecule has 18 heavy (non-hydrogen) atoms. The zero-order valence-electron chi connectivity index (χ0n) is 11.1. The summed E-state index contributed by atoms with van der Waals surface area (Å²) >= 11 is 0. The van der Waals surface area contributed by atoms with E-state index < -0.39 is 0 Å². The molecule has 1 aliphatic carbocycles. The Bertz CT molecular complexity index is 420. The molecule has 1 aromatic carbocycles. The van der Waals surface area contributed by atoms with Crippen LogP contribution in [0, 0.1) is 6.92 Å². The zero-order chi connectivity index (χ0) is 13.0. The molecule has 0 amide bonds. The second-order valence-corrected chi connectivity index (χ2v) is 4.85. The van der Waals surface area contributed by atoms with Crippen molar-refractivity contribution in [2.24, 2.45) is 0 Å². The molecule has 1 saturated carbocycles. The summed E-state index contributed by atoms with van der Waals surface area (Å²) in [5, 5.41) is 0. The van der Waals surface area contributed by atoms with Gasteiger partial charge in [-0.3, -0.25) is 0 Å². The van der Waals surface area contributed by atoms with Crippen LogP contribution >= 0.6 is 0 Å². The van der Waals surface area contributed by atoms with Crippen molar-refractivity contribution in [2.75, 3.05) is 7.11 Å². The van der Waals surface area contributed by atoms with Gasteiger partial charge in [0, 0.05) is 0 Å². The SMILES string of the molecule is COC(=O)c1cc(OC2CCCCC2)ccc1C. The molecule has 1 fully saturated rings. The molecule has 0 atom stereocenters. The van der Waals surface area contributed by atoms with Gasteiger partial charge in [0.15, 0.2) is 0 Å². The first kappa shape index (κ1) is 12.9. The molecule has 0 unspecified atom stereocenters. The fourth-order valence-corrected chi connectivity index (χ4v) is 2.38. The average molecular weight is 248 g/mol. The topological polar surface area (TPSA) is 35.5 Å². The van der Waals surface area contributed by atoms with E-state index >= 15 is 0 Å². The third-order valence-electron chi connectivity index (χ3n) is 3.47. The monoisotopic (exact) mass is 248 g/mol. The first-order valence-electron chi connectivity index (χ1n) is 6.56. The van der Waals surface area contributed by atoms with E-state index in [0.717, 1.165) is 24.2 Å². The van der Waals surface area contributed by atoms with Crippen LogP contribution < -0.4 is 4.74 Å². The van der Waals surface area contributed by atoms with Gasteiger partial charge >= 0.3 is 5.97 Å². The highest BCUT2D eigenvalue weighted by Gasteiger charge is 2.16. The van der Waals surface area contributed by atoms with Crippen molar-refractivity contribution in [1.82, 2.24) is 0 Å². The van der Waals surface area contributed by atoms with Crippen molar-refractivity contribution in [1.29, 1.82) is 0 Å². The van der Waals surface area contributed by atoms with Crippen LogP contribution in [-0.4, -0.2) is 19.2 Å². The second kappa shape index (κ2) is 5.89. The number of carbonyl (C=O) groups excluding carboxylic acids is 1. The van der Waals surface area contributed by atoms with Gasteiger partial charge in [-0.1, -0.05) is 12.5 Å². The van der Waals surface area contributed by atoms with Crippen LogP contribution in [0.1, 0.15) is 48.0 Å². The first-order chi connectivity index (χ1) is 8.70. The summed E-state index contributed by atoms with van der Waals surface area (Å²) in [6.45, 7) is 1.90. The van der Waals surface area contributed by atoms with Crippen LogP contribution in [0.15, 0.2) is 18.2 Å². The summed E-state index contributed by atoms with van der Waals surface area (Å²) in [6.07, 6.45) is 6.30. The van der Waals surface area contributed by atoms with Gasteiger partial charge in [-0.05, 0) is 50.3 Å². The van der Waals surface area contributed by atoms with Gasteiger partial charge in [0.2, 0.25) is 0 Å². The number of methoxy groups -OCH3 is 1. The molecule has 0 radical (unpaired) electrons. The maximum Gasteiger partial charge on any atom is 0.338 e. The molecule has 1 aromatic rings. The lowest BCUT2D eigenvalue weighted by atomic mass is 9.98. The standard InChI is InChI=1S/C15H20O3/c1-11-8-9-13(10-14(11)15(16)17-2)18-12-6-4-3-5-7-12/h8-10,12H,3-7H2,1-2H3. The van der Waals surface area contributed by atoms with Gasteiger partial charge in [0.1, 0.15) is 5.75 Å². The van der Waals surface area contributed by atoms with Crippen LogP contribution in [0.5, 0.6) is 5.75 Å². The molecule has 1 aliphatic rings. The van der Waals surface area contributed by atoms with E-state index in [9.17, 15) is 4.79 Å². The number of hydrogen-bond donors (Lipinski definition) is 0. The van der Waals surface area contributed by atoms with E-state index in [1.54, 1.807) is 6.07 Å². The Balaban J connectivity index is 2.11. The Morgan fingerprint density at radius 3 is 2.61 bits per heavy atom. The highest BCUT2D eigenvalue weighted by molar-refractivity contribution is 5.91. The maximum absolute atomic E-state index is 11.6. The molecule has 0 aromatic heterocycles. The van der Waals surface area contributed by atoms with Crippen LogP contribution in [0.3, 0.4) is 0 Å².